The van der Waals surface area contributed by atoms with E-state index in [-0.39, 0.29) is 28.5 Å². The number of benzene rings is 4. The molecule has 0 N–H and O–H groups in total. The molecule has 0 bridgehead atoms. The lowest BCUT2D eigenvalue weighted by molar-refractivity contribution is 0.0528. The van der Waals surface area contributed by atoms with Crippen LogP contribution in [0.3, 0.4) is 0 Å². The molecule has 35 heavy (non-hydrogen) atoms. The molecule has 4 aromatic carbocycles. The zero-order valence-electron chi connectivity index (χ0n) is 18.5. The van der Waals surface area contributed by atoms with Crippen molar-refractivity contribution in [2.45, 2.75) is 6.92 Å². The minimum atomic E-state index is -0.652. The lowest BCUT2D eigenvalue weighted by Crippen LogP contribution is -2.10. The molecular weight excluding hydrogens is 487 g/mol. The zero-order valence-corrected chi connectivity index (χ0v) is 20.0. The number of esters is 2. The first kappa shape index (κ1) is 23.0. The summed E-state index contributed by atoms with van der Waals surface area (Å²) in [6.45, 7) is 1.94. The Kier molecular flexibility index (Phi) is 6.20. The third-order valence-electron chi connectivity index (χ3n) is 5.53. The van der Waals surface area contributed by atoms with Crippen molar-refractivity contribution in [3.63, 3.8) is 0 Å². The van der Waals surface area contributed by atoms with Crippen molar-refractivity contribution in [1.82, 2.24) is 0 Å². The van der Waals surface area contributed by atoms with E-state index in [9.17, 15) is 9.59 Å². The van der Waals surface area contributed by atoms with E-state index in [1.54, 1.807) is 19.1 Å². The van der Waals surface area contributed by atoms with Gasteiger partial charge in [0.15, 0.2) is 0 Å². The number of furan rings is 1. The van der Waals surface area contributed by atoms with E-state index in [2.05, 4.69) is 0 Å². The van der Waals surface area contributed by atoms with Crippen LogP contribution in [-0.4, -0.2) is 18.5 Å². The molecular formula is C28H18Cl2O5. The van der Waals surface area contributed by atoms with Gasteiger partial charge >= 0.3 is 11.9 Å². The van der Waals surface area contributed by atoms with E-state index in [1.165, 1.54) is 12.1 Å². The van der Waals surface area contributed by atoms with Crippen LogP contribution in [0.4, 0.5) is 0 Å². The van der Waals surface area contributed by atoms with Crippen LogP contribution in [0.15, 0.2) is 83.3 Å². The Balaban J connectivity index is 1.74. The smallest absolute Gasteiger partial charge is 0.345 e. The second-order valence-corrected chi connectivity index (χ2v) is 8.55. The molecule has 1 aromatic heterocycles. The molecule has 0 unspecified atom stereocenters. The second kappa shape index (κ2) is 9.45. The Morgan fingerprint density at radius 3 is 2.26 bits per heavy atom. The number of hydrogen-bond donors (Lipinski definition) is 0. The number of carbonyl (C=O) groups excluding carboxylic acids is 2. The molecule has 0 aliphatic rings. The monoisotopic (exact) mass is 504 g/mol. The van der Waals surface area contributed by atoms with Crippen LogP contribution < -0.4 is 4.74 Å². The third kappa shape index (κ3) is 4.25. The molecule has 0 amide bonds. The first-order valence-electron chi connectivity index (χ1n) is 10.9. The predicted octanol–water partition coefficient (Wildman–Crippen LogP) is 7.96. The van der Waals surface area contributed by atoms with Crippen LogP contribution in [0.25, 0.3) is 33.1 Å². The van der Waals surface area contributed by atoms with Gasteiger partial charge in [0.1, 0.15) is 22.7 Å². The average Bonchev–Trinajstić information content (AvgIpc) is 3.24. The minimum Gasteiger partial charge on any atom is -0.462 e. The molecule has 5 rings (SSSR count). The first-order valence-corrected chi connectivity index (χ1v) is 11.6. The predicted molar refractivity (Wildman–Crippen MR) is 137 cm³/mol. The van der Waals surface area contributed by atoms with Gasteiger partial charge in [-0.3, -0.25) is 0 Å². The van der Waals surface area contributed by atoms with Gasteiger partial charge < -0.3 is 13.9 Å². The topological polar surface area (TPSA) is 65.7 Å². The lowest BCUT2D eigenvalue weighted by Gasteiger charge is -2.10. The van der Waals surface area contributed by atoms with Crippen LogP contribution in [0, 0.1) is 0 Å². The summed E-state index contributed by atoms with van der Waals surface area (Å²) >= 11 is 12.2. The summed E-state index contributed by atoms with van der Waals surface area (Å²) < 4.78 is 17.4. The maximum absolute atomic E-state index is 13.1. The number of halogens is 2. The summed E-state index contributed by atoms with van der Waals surface area (Å²) in [4.78, 5) is 26.1. The summed E-state index contributed by atoms with van der Waals surface area (Å²) in [5.41, 5.74) is 1.65. The van der Waals surface area contributed by atoms with Gasteiger partial charge in [-0.05, 0) is 31.2 Å². The molecule has 0 radical (unpaired) electrons. The zero-order chi connectivity index (χ0) is 24.5. The van der Waals surface area contributed by atoms with Crippen LogP contribution in [0.2, 0.25) is 10.0 Å². The van der Waals surface area contributed by atoms with E-state index in [4.69, 9.17) is 37.1 Å². The molecule has 1 heterocycles. The van der Waals surface area contributed by atoms with Gasteiger partial charge in [-0.25, -0.2) is 9.59 Å². The fraction of sp³-hybridized carbons (Fsp3) is 0.0714. The number of fused-ring (bicyclic) bond motifs is 3. The molecule has 0 aliphatic carbocycles. The van der Waals surface area contributed by atoms with Crippen molar-refractivity contribution in [3.8, 4) is 17.1 Å². The quantitative estimate of drug-likeness (QED) is 0.179. The Hall–Kier alpha value is -3.80. The average molecular weight is 505 g/mol. The summed E-state index contributed by atoms with van der Waals surface area (Å²) in [7, 11) is 0. The van der Waals surface area contributed by atoms with Gasteiger partial charge in [-0.15, -0.1) is 0 Å². The molecule has 7 heteroatoms. The van der Waals surface area contributed by atoms with Crippen LogP contribution in [-0.2, 0) is 4.74 Å². The number of ether oxygens (including phenoxy) is 2. The minimum absolute atomic E-state index is 0.169. The van der Waals surface area contributed by atoms with E-state index >= 15 is 0 Å². The van der Waals surface area contributed by atoms with Gasteiger partial charge in [0, 0.05) is 26.7 Å². The van der Waals surface area contributed by atoms with E-state index in [1.807, 2.05) is 54.6 Å². The van der Waals surface area contributed by atoms with Crippen molar-refractivity contribution < 1.29 is 23.5 Å². The molecule has 0 aliphatic heterocycles. The van der Waals surface area contributed by atoms with E-state index in [0.717, 1.165) is 5.56 Å². The van der Waals surface area contributed by atoms with Crippen LogP contribution in [0.1, 0.15) is 27.6 Å². The second-order valence-electron chi connectivity index (χ2n) is 7.70. The molecule has 5 aromatic rings. The normalized spacial score (nSPS) is 11.1. The standard InChI is InChI=1S/C28H18Cl2O5/c1-2-33-28(32)24-21-15-23(34-27(31)20-13-12-17(29)14-22(20)30)18-10-6-7-11-19(18)26(21)35-25(24)16-8-4-3-5-9-16/h3-15H,2H2,1H3. The lowest BCUT2D eigenvalue weighted by atomic mass is 10.0. The fourth-order valence-electron chi connectivity index (χ4n) is 3.98. The molecule has 0 saturated carbocycles. The fourth-order valence-corrected chi connectivity index (χ4v) is 4.47. The Morgan fingerprint density at radius 2 is 1.54 bits per heavy atom. The van der Waals surface area contributed by atoms with Crippen LogP contribution >= 0.6 is 23.2 Å². The maximum Gasteiger partial charge on any atom is 0.345 e. The largest absolute Gasteiger partial charge is 0.462 e. The van der Waals surface area contributed by atoms with Crippen LogP contribution in [0.5, 0.6) is 5.75 Å². The number of carbonyl (C=O) groups is 2. The highest BCUT2D eigenvalue weighted by Gasteiger charge is 2.26. The molecule has 0 fully saturated rings. The van der Waals surface area contributed by atoms with Crippen molar-refractivity contribution >= 4 is 56.9 Å². The van der Waals surface area contributed by atoms with Gasteiger partial charge in [-0.2, -0.15) is 0 Å². The molecule has 0 spiro atoms. The molecule has 174 valence electrons. The number of rotatable bonds is 5. The van der Waals surface area contributed by atoms with E-state index < -0.39 is 11.9 Å². The first-order chi connectivity index (χ1) is 17.0. The molecule has 5 nitrogen and oxygen atoms in total. The van der Waals surface area contributed by atoms with Crippen molar-refractivity contribution in [1.29, 1.82) is 0 Å². The van der Waals surface area contributed by atoms with Gasteiger partial charge in [-0.1, -0.05) is 77.8 Å². The highest BCUT2D eigenvalue weighted by atomic mass is 35.5. The van der Waals surface area contributed by atoms with Crippen molar-refractivity contribution in [2.24, 2.45) is 0 Å². The summed E-state index contributed by atoms with van der Waals surface area (Å²) in [5, 5.41) is 2.38. The summed E-state index contributed by atoms with van der Waals surface area (Å²) in [6.07, 6.45) is 0. The third-order valence-corrected chi connectivity index (χ3v) is 6.07. The number of hydrogen-bond acceptors (Lipinski definition) is 5. The van der Waals surface area contributed by atoms with Gasteiger partial charge in [0.25, 0.3) is 0 Å². The highest BCUT2D eigenvalue weighted by Crippen LogP contribution is 2.41. The summed E-state index contributed by atoms with van der Waals surface area (Å²) in [6, 6.07) is 22.8. The van der Waals surface area contributed by atoms with Gasteiger partial charge in [0.2, 0.25) is 0 Å². The van der Waals surface area contributed by atoms with Crippen molar-refractivity contribution in [2.75, 3.05) is 6.61 Å². The molecule has 0 saturated heterocycles. The Labute approximate surface area is 210 Å². The maximum atomic E-state index is 13.1. The summed E-state index contributed by atoms with van der Waals surface area (Å²) in [5.74, 6) is -0.539. The van der Waals surface area contributed by atoms with Gasteiger partial charge in [0.05, 0.1) is 17.2 Å². The Bertz CT molecular complexity index is 1590. The SMILES string of the molecule is CCOC(=O)c1c(-c2ccccc2)oc2c1cc(OC(=O)c1ccc(Cl)cc1Cl)c1ccccc12. The van der Waals surface area contributed by atoms with E-state index in [0.29, 0.717) is 32.5 Å². The highest BCUT2D eigenvalue weighted by molar-refractivity contribution is 6.36. The molecule has 0 atom stereocenters. The Morgan fingerprint density at radius 1 is 0.829 bits per heavy atom. The van der Waals surface area contributed by atoms with Crippen molar-refractivity contribution in [3.05, 3.63) is 100 Å².